The van der Waals surface area contributed by atoms with Crippen molar-refractivity contribution >= 4 is 5.91 Å². The normalized spacial score (nSPS) is 11.4. The number of rotatable bonds is 6. The van der Waals surface area contributed by atoms with Crippen molar-refractivity contribution < 1.29 is 23.1 Å². The fraction of sp³-hybridized carbons (Fsp3) is 0.538. The monoisotopic (exact) mass is 290 g/mol. The molecule has 20 heavy (non-hydrogen) atoms. The first kappa shape index (κ1) is 16.4. The van der Waals surface area contributed by atoms with Crippen LogP contribution in [0.1, 0.15) is 35.3 Å². The van der Waals surface area contributed by atoms with Crippen LogP contribution in [0.15, 0.2) is 18.3 Å². The van der Waals surface area contributed by atoms with Gasteiger partial charge >= 0.3 is 6.18 Å². The molecule has 1 aromatic rings. The lowest BCUT2D eigenvalue weighted by Crippen LogP contribution is -2.28. The van der Waals surface area contributed by atoms with Crippen LogP contribution >= 0.6 is 0 Å². The third-order valence-corrected chi connectivity index (χ3v) is 2.80. The molecule has 0 aliphatic heterocycles. The summed E-state index contributed by atoms with van der Waals surface area (Å²) in [5.41, 5.74) is -0.887. The van der Waals surface area contributed by atoms with Gasteiger partial charge in [-0.1, -0.05) is 0 Å². The van der Waals surface area contributed by atoms with E-state index < -0.39 is 11.9 Å². The van der Waals surface area contributed by atoms with Gasteiger partial charge < -0.3 is 10.0 Å². The summed E-state index contributed by atoms with van der Waals surface area (Å²) in [4.78, 5) is 16.6. The summed E-state index contributed by atoms with van der Waals surface area (Å²) in [6.45, 7) is 0.598. The van der Waals surface area contributed by atoms with Gasteiger partial charge in [-0.3, -0.25) is 9.78 Å². The van der Waals surface area contributed by atoms with Crippen LogP contribution in [0.3, 0.4) is 0 Å². The molecule has 0 fully saturated rings. The molecule has 1 heterocycles. The summed E-state index contributed by atoms with van der Waals surface area (Å²) in [7, 11) is 1.58. The second-order valence-electron chi connectivity index (χ2n) is 4.44. The summed E-state index contributed by atoms with van der Waals surface area (Å²) < 4.78 is 37.0. The highest BCUT2D eigenvalue weighted by atomic mass is 19.4. The van der Waals surface area contributed by atoms with Crippen molar-refractivity contribution in [1.29, 1.82) is 0 Å². The number of alkyl halides is 3. The number of aliphatic hydroxyl groups excluding tert-OH is 1. The topological polar surface area (TPSA) is 53.4 Å². The molecule has 4 nitrogen and oxygen atoms in total. The Bertz CT molecular complexity index is 432. The highest BCUT2D eigenvalue weighted by Crippen LogP contribution is 2.27. The van der Waals surface area contributed by atoms with Gasteiger partial charge in [0.1, 0.15) is 5.69 Å². The van der Waals surface area contributed by atoms with E-state index in [2.05, 4.69) is 4.98 Å². The summed E-state index contributed by atoms with van der Waals surface area (Å²) in [6.07, 6.45) is -1.37. The van der Waals surface area contributed by atoms with Crippen molar-refractivity contribution in [1.82, 2.24) is 9.88 Å². The molecule has 0 saturated carbocycles. The maximum Gasteiger partial charge on any atom is 0.433 e. The zero-order valence-corrected chi connectivity index (χ0v) is 11.2. The molecule has 7 heteroatoms. The van der Waals surface area contributed by atoms with E-state index in [0.717, 1.165) is 31.2 Å². The van der Waals surface area contributed by atoms with Gasteiger partial charge in [0.2, 0.25) is 0 Å². The average Bonchev–Trinajstić information content (AvgIpc) is 2.41. The lowest BCUT2D eigenvalue weighted by molar-refractivity contribution is -0.141. The van der Waals surface area contributed by atoms with Crippen molar-refractivity contribution in [3.8, 4) is 0 Å². The number of carbonyl (C=O) groups excluding carboxylic acids is 1. The number of halogens is 3. The molecule has 0 bridgehead atoms. The molecular weight excluding hydrogens is 273 g/mol. The summed E-state index contributed by atoms with van der Waals surface area (Å²) >= 11 is 0. The second-order valence-corrected chi connectivity index (χ2v) is 4.44. The molecule has 0 unspecified atom stereocenters. The number of aliphatic hydroxyl groups is 1. The Hall–Kier alpha value is -1.63. The molecule has 112 valence electrons. The first-order chi connectivity index (χ1) is 9.36. The molecule has 1 amide bonds. The molecule has 0 aliphatic carbocycles. The van der Waals surface area contributed by atoms with Crippen LogP contribution in [-0.4, -0.2) is 41.1 Å². The van der Waals surface area contributed by atoms with E-state index in [4.69, 9.17) is 5.11 Å². The van der Waals surface area contributed by atoms with Crippen molar-refractivity contribution in [3.05, 3.63) is 29.6 Å². The van der Waals surface area contributed by atoms with Crippen molar-refractivity contribution in [3.63, 3.8) is 0 Å². The molecular formula is C13H17F3N2O2. The highest BCUT2D eigenvalue weighted by Gasteiger charge is 2.32. The molecule has 0 spiro atoms. The first-order valence-corrected chi connectivity index (χ1v) is 6.26. The van der Waals surface area contributed by atoms with Gasteiger partial charge in [-0.05, 0) is 31.4 Å². The summed E-state index contributed by atoms with van der Waals surface area (Å²) in [5.74, 6) is -0.366. The van der Waals surface area contributed by atoms with E-state index in [1.165, 1.54) is 4.90 Å². The van der Waals surface area contributed by atoms with Crippen molar-refractivity contribution in [2.45, 2.75) is 25.4 Å². The van der Waals surface area contributed by atoms with E-state index in [1.807, 2.05) is 0 Å². The molecule has 0 saturated heterocycles. The number of aromatic nitrogens is 1. The Morgan fingerprint density at radius 3 is 2.50 bits per heavy atom. The Kier molecular flexibility index (Phi) is 5.94. The highest BCUT2D eigenvalue weighted by molar-refractivity contribution is 5.93. The minimum Gasteiger partial charge on any atom is -0.396 e. The van der Waals surface area contributed by atoms with Crippen LogP contribution in [-0.2, 0) is 6.18 Å². The molecule has 0 atom stereocenters. The van der Waals surface area contributed by atoms with Gasteiger partial charge in [-0.15, -0.1) is 0 Å². The number of carbonyl (C=O) groups is 1. The molecule has 0 radical (unpaired) electrons. The quantitative estimate of drug-likeness (QED) is 0.818. The molecule has 1 N–H and O–H groups in total. The maximum absolute atomic E-state index is 12.3. The van der Waals surface area contributed by atoms with Crippen LogP contribution in [0.5, 0.6) is 0 Å². The summed E-state index contributed by atoms with van der Waals surface area (Å²) in [5, 5.41) is 8.63. The Labute approximate surface area is 115 Å². The SMILES string of the molecule is CN(CCCCCO)C(=O)c1ccc(C(F)(F)F)nc1. The summed E-state index contributed by atoms with van der Waals surface area (Å²) in [6, 6.07) is 1.93. The predicted octanol–water partition coefficient (Wildman–Crippen LogP) is 2.33. The lowest BCUT2D eigenvalue weighted by atomic mass is 10.2. The number of pyridine rings is 1. The number of unbranched alkanes of at least 4 members (excludes halogenated alkanes) is 2. The van der Waals surface area contributed by atoms with Crippen LogP contribution in [0, 0.1) is 0 Å². The number of amides is 1. The Balaban J connectivity index is 2.59. The lowest BCUT2D eigenvalue weighted by Gasteiger charge is -2.17. The van der Waals surface area contributed by atoms with Crippen LogP contribution in [0.2, 0.25) is 0 Å². The van der Waals surface area contributed by atoms with Crippen molar-refractivity contribution in [2.24, 2.45) is 0 Å². The minimum atomic E-state index is -4.50. The van der Waals surface area contributed by atoms with E-state index in [1.54, 1.807) is 7.05 Å². The third kappa shape index (κ3) is 4.80. The van der Waals surface area contributed by atoms with Gasteiger partial charge in [0, 0.05) is 26.4 Å². The zero-order chi connectivity index (χ0) is 15.2. The van der Waals surface area contributed by atoms with E-state index in [9.17, 15) is 18.0 Å². The molecule has 1 rings (SSSR count). The number of hydrogen-bond donors (Lipinski definition) is 1. The van der Waals surface area contributed by atoms with Crippen LogP contribution < -0.4 is 0 Å². The second kappa shape index (κ2) is 7.23. The predicted molar refractivity (Wildman–Crippen MR) is 67.1 cm³/mol. The van der Waals surface area contributed by atoms with Gasteiger partial charge in [0.05, 0.1) is 5.56 Å². The number of hydrogen-bond acceptors (Lipinski definition) is 3. The maximum atomic E-state index is 12.3. The van der Waals surface area contributed by atoms with E-state index >= 15 is 0 Å². The van der Waals surface area contributed by atoms with E-state index in [-0.39, 0.29) is 18.1 Å². The average molecular weight is 290 g/mol. The standard InChI is InChI=1S/C13H17F3N2O2/c1-18(7-3-2-4-8-19)12(20)10-5-6-11(17-9-10)13(14,15)16/h5-6,9,19H,2-4,7-8H2,1H3. The largest absolute Gasteiger partial charge is 0.433 e. The Morgan fingerprint density at radius 1 is 1.30 bits per heavy atom. The molecule has 0 aliphatic rings. The van der Waals surface area contributed by atoms with Gasteiger partial charge in [-0.2, -0.15) is 13.2 Å². The number of nitrogens with zero attached hydrogens (tertiary/aromatic N) is 2. The van der Waals surface area contributed by atoms with Crippen LogP contribution in [0.4, 0.5) is 13.2 Å². The first-order valence-electron chi connectivity index (χ1n) is 6.26. The van der Waals surface area contributed by atoms with Crippen LogP contribution in [0.25, 0.3) is 0 Å². The molecule has 1 aromatic heterocycles. The fourth-order valence-electron chi connectivity index (χ4n) is 1.65. The van der Waals surface area contributed by atoms with E-state index in [0.29, 0.717) is 13.0 Å². The van der Waals surface area contributed by atoms with Gasteiger partial charge in [-0.25, -0.2) is 0 Å². The Morgan fingerprint density at radius 2 is 2.00 bits per heavy atom. The minimum absolute atomic E-state index is 0.112. The van der Waals surface area contributed by atoms with Gasteiger partial charge in [0.15, 0.2) is 0 Å². The zero-order valence-electron chi connectivity index (χ0n) is 11.2. The molecule has 0 aromatic carbocycles. The third-order valence-electron chi connectivity index (χ3n) is 2.80. The smallest absolute Gasteiger partial charge is 0.396 e. The van der Waals surface area contributed by atoms with Crippen molar-refractivity contribution in [2.75, 3.05) is 20.2 Å². The van der Waals surface area contributed by atoms with Gasteiger partial charge in [0.25, 0.3) is 5.91 Å². The fourth-order valence-corrected chi connectivity index (χ4v) is 1.65.